The first-order chi connectivity index (χ1) is 31.8. The van der Waals surface area contributed by atoms with Crippen LogP contribution in [0.4, 0.5) is 19.0 Å². The number of nitrogens with one attached hydrogen (secondary N) is 1. The third kappa shape index (κ3) is 10.2. The third-order valence-electron chi connectivity index (χ3n) is 13.1. The van der Waals surface area contributed by atoms with Crippen LogP contribution in [-0.4, -0.2) is 107 Å². The van der Waals surface area contributed by atoms with Gasteiger partial charge in [-0.2, -0.15) is 0 Å². The Kier molecular flexibility index (Phi) is 14.8. The molecule has 4 aliphatic rings. The highest BCUT2D eigenvalue weighted by Gasteiger charge is 2.41. The SMILES string of the molecule is CC(C)C=C(Cl)C(=O)N1CCN(c2ncnc3c(F)c(-c4c(F)cccc4OCCCCCCCN4CCC(c5cc(F)cc6c5CN(C5CCC(=O)NC5=O)C6=O)CC4)c(Cl)cc23)CC1. The van der Waals surface area contributed by atoms with Crippen molar-refractivity contribution in [3.8, 4) is 16.9 Å². The van der Waals surface area contributed by atoms with Gasteiger partial charge in [-0.05, 0) is 105 Å². The number of benzene rings is 3. The fourth-order valence-electron chi connectivity index (χ4n) is 9.74. The molecule has 4 aromatic rings. The van der Waals surface area contributed by atoms with E-state index in [1.54, 1.807) is 29.2 Å². The van der Waals surface area contributed by atoms with E-state index >= 15 is 8.78 Å². The first-order valence-electron chi connectivity index (χ1n) is 22.9. The first kappa shape index (κ1) is 47.3. The Bertz CT molecular complexity index is 2540. The number of imide groups is 1. The summed E-state index contributed by atoms with van der Waals surface area (Å²) in [5.41, 5.74) is 1.72. The van der Waals surface area contributed by atoms with Gasteiger partial charge in [0.1, 0.15) is 46.1 Å². The highest BCUT2D eigenvalue weighted by molar-refractivity contribution is 6.42. The van der Waals surface area contributed by atoms with Crippen molar-refractivity contribution in [3.63, 3.8) is 0 Å². The molecule has 0 bridgehead atoms. The molecule has 12 nitrogen and oxygen atoms in total. The van der Waals surface area contributed by atoms with E-state index in [-0.39, 0.29) is 81.4 Å². The molecule has 4 aliphatic heterocycles. The maximum absolute atomic E-state index is 16.5. The molecule has 3 aromatic carbocycles. The molecule has 1 aromatic heterocycles. The quantitative estimate of drug-likeness (QED) is 0.0707. The number of allylic oxidation sites excluding steroid dienone is 1. The van der Waals surface area contributed by atoms with Crippen molar-refractivity contribution < 1.29 is 37.1 Å². The Balaban J connectivity index is 0.802. The number of piperidine rings is 2. The number of nitrogens with zero attached hydrogens (tertiary/aromatic N) is 6. The van der Waals surface area contributed by atoms with Crippen LogP contribution in [0.3, 0.4) is 0 Å². The van der Waals surface area contributed by atoms with Crippen LogP contribution in [0.15, 0.2) is 53.8 Å². The third-order valence-corrected chi connectivity index (χ3v) is 13.7. The van der Waals surface area contributed by atoms with Crippen molar-refractivity contribution in [1.82, 2.24) is 30.0 Å². The molecule has 350 valence electrons. The summed E-state index contributed by atoms with van der Waals surface area (Å²) in [5, 5.41) is 2.86. The Hall–Kier alpha value is -5.25. The summed E-state index contributed by atoms with van der Waals surface area (Å²) >= 11 is 13.0. The summed E-state index contributed by atoms with van der Waals surface area (Å²) in [5.74, 6) is -2.48. The molecule has 5 heterocycles. The monoisotopic (exact) mass is 947 g/mol. The highest BCUT2D eigenvalue weighted by atomic mass is 35.5. The Morgan fingerprint density at radius 2 is 1.67 bits per heavy atom. The standard InChI is InChI=1S/C49H54Cl2F3N7O5/c1-29(2)23-37(51)49(65)60-20-18-59(19-21-60)46-34-26-36(50)42(44(54)45(34)55-28-56-46)43-38(53)9-8-10-40(43)66-22-7-5-3-4-6-15-58-16-13-30(14-17-58)32-24-31(52)25-33-35(32)27-61(48(33)64)39-11-12-41(62)57-47(39)63/h8-10,23-26,28-30,39H,3-7,11-22,27H2,1-2H3,(H,57,62,63). The lowest BCUT2D eigenvalue weighted by atomic mass is 9.85. The molecular formula is C49H54Cl2F3N7O5. The summed E-state index contributed by atoms with van der Waals surface area (Å²) in [6.07, 6.45) is 9.68. The average Bonchev–Trinajstić information content (AvgIpc) is 3.62. The predicted octanol–water partition coefficient (Wildman–Crippen LogP) is 8.76. The van der Waals surface area contributed by atoms with E-state index in [1.807, 2.05) is 18.7 Å². The number of piperazine rings is 1. The Labute approximate surface area is 392 Å². The molecule has 3 saturated heterocycles. The first-order valence-corrected chi connectivity index (χ1v) is 23.7. The number of carbonyl (C=O) groups excluding carboxylic acids is 4. The van der Waals surface area contributed by atoms with Crippen molar-refractivity contribution in [2.75, 3.05) is 57.3 Å². The van der Waals surface area contributed by atoms with Gasteiger partial charge in [0.25, 0.3) is 11.8 Å². The molecule has 4 amide bonds. The van der Waals surface area contributed by atoms with Crippen molar-refractivity contribution in [2.45, 2.75) is 90.1 Å². The van der Waals surface area contributed by atoms with Gasteiger partial charge in [0.15, 0.2) is 5.82 Å². The molecule has 17 heteroatoms. The van der Waals surface area contributed by atoms with Crippen LogP contribution < -0.4 is 15.0 Å². The Morgan fingerprint density at radius 1 is 0.924 bits per heavy atom. The molecule has 0 radical (unpaired) electrons. The molecule has 1 unspecified atom stereocenters. The van der Waals surface area contributed by atoms with E-state index in [4.69, 9.17) is 27.9 Å². The van der Waals surface area contributed by atoms with Gasteiger partial charge in [0.2, 0.25) is 11.8 Å². The van der Waals surface area contributed by atoms with Crippen LogP contribution in [-0.2, 0) is 20.9 Å². The second kappa shape index (κ2) is 20.7. The number of likely N-dealkylation sites (tertiary alicyclic amines) is 1. The Morgan fingerprint density at radius 3 is 2.41 bits per heavy atom. The largest absolute Gasteiger partial charge is 0.493 e. The fraction of sp³-hybridized carbons (Fsp3) is 0.469. The van der Waals surface area contributed by atoms with Crippen LogP contribution in [0.2, 0.25) is 5.02 Å². The number of halogens is 5. The number of anilines is 1. The predicted molar refractivity (Wildman–Crippen MR) is 247 cm³/mol. The summed E-state index contributed by atoms with van der Waals surface area (Å²) in [7, 11) is 0. The second-order valence-corrected chi connectivity index (χ2v) is 18.8. The van der Waals surface area contributed by atoms with E-state index in [9.17, 15) is 23.6 Å². The molecule has 8 rings (SSSR count). The number of amides is 4. The smallest absolute Gasteiger partial charge is 0.265 e. The maximum Gasteiger partial charge on any atom is 0.265 e. The number of aromatic nitrogens is 2. The van der Waals surface area contributed by atoms with E-state index < -0.39 is 29.4 Å². The van der Waals surface area contributed by atoms with Gasteiger partial charge < -0.3 is 24.3 Å². The van der Waals surface area contributed by atoms with Crippen LogP contribution in [0.1, 0.15) is 99.0 Å². The number of unbranched alkanes of at least 4 members (excludes halogenated alkanes) is 4. The number of fused-ring (bicyclic) bond motifs is 2. The number of ether oxygens (including phenoxy) is 1. The number of hydrogen-bond donors (Lipinski definition) is 1. The lowest BCUT2D eigenvalue weighted by molar-refractivity contribution is -0.137. The molecule has 66 heavy (non-hydrogen) atoms. The van der Waals surface area contributed by atoms with Crippen LogP contribution >= 0.6 is 23.2 Å². The summed E-state index contributed by atoms with van der Waals surface area (Å²) < 4.78 is 53.1. The van der Waals surface area contributed by atoms with Gasteiger partial charge in [0.05, 0.1) is 17.2 Å². The highest BCUT2D eigenvalue weighted by Crippen LogP contribution is 2.43. The van der Waals surface area contributed by atoms with Gasteiger partial charge >= 0.3 is 0 Å². The maximum atomic E-state index is 16.5. The second-order valence-electron chi connectivity index (χ2n) is 17.9. The minimum Gasteiger partial charge on any atom is -0.493 e. The van der Waals surface area contributed by atoms with Gasteiger partial charge in [-0.1, -0.05) is 68.5 Å². The van der Waals surface area contributed by atoms with Crippen LogP contribution in [0.25, 0.3) is 22.0 Å². The molecule has 1 N–H and O–H groups in total. The minimum atomic E-state index is -0.785. The summed E-state index contributed by atoms with van der Waals surface area (Å²) in [4.78, 5) is 66.6. The van der Waals surface area contributed by atoms with E-state index in [1.165, 1.54) is 29.4 Å². The van der Waals surface area contributed by atoms with Gasteiger partial charge in [-0.3, -0.25) is 24.5 Å². The zero-order chi connectivity index (χ0) is 46.6. The van der Waals surface area contributed by atoms with Gasteiger partial charge in [0, 0.05) is 55.7 Å². The molecular weight excluding hydrogens is 894 g/mol. The molecule has 0 aliphatic carbocycles. The van der Waals surface area contributed by atoms with E-state index in [2.05, 4.69) is 20.2 Å². The molecule has 0 saturated carbocycles. The van der Waals surface area contributed by atoms with Crippen LogP contribution in [0, 0.1) is 23.4 Å². The lowest BCUT2D eigenvalue weighted by Crippen LogP contribution is -2.52. The molecule has 1 atom stereocenters. The fourth-order valence-corrected chi connectivity index (χ4v) is 10.4. The van der Waals surface area contributed by atoms with Crippen LogP contribution in [0.5, 0.6) is 5.75 Å². The number of hydrogen-bond acceptors (Lipinski definition) is 9. The zero-order valence-electron chi connectivity index (χ0n) is 37.2. The van der Waals surface area contributed by atoms with Crippen molar-refractivity contribution in [3.05, 3.63) is 93.0 Å². The minimum absolute atomic E-state index is 0.00748. The van der Waals surface area contributed by atoms with Crippen molar-refractivity contribution in [2.24, 2.45) is 5.92 Å². The van der Waals surface area contributed by atoms with E-state index in [0.29, 0.717) is 56.0 Å². The number of rotatable bonds is 15. The van der Waals surface area contributed by atoms with Gasteiger partial charge in [-0.25, -0.2) is 23.1 Å². The molecule has 0 spiro atoms. The lowest BCUT2D eigenvalue weighted by Gasteiger charge is -2.35. The average molecular weight is 949 g/mol. The summed E-state index contributed by atoms with van der Waals surface area (Å²) in [6, 6.07) is 7.99. The van der Waals surface area contributed by atoms with Gasteiger partial charge in [-0.15, -0.1) is 0 Å². The zero-order valence-corrected chi connectivity index (χ0v) is 38.7. The van der Waals surface area contributed by atoms with E-state index in [0.717, 1.165) is 69.3 Å². The summed E-state index contributed by atoms with van der Waals surface area (Å²) in [6.45, 7) is 8.72. The van der Waals surface area contributed by atoms with Crippen molar-refractivity contribution in [1.29, 1.82) is 0 Å². The molecule has 3 fully saturated rings. The normalized spacial score (nSPS) is 18.7. The topological polar surface area (TPSA) is 128 Å². The van der Waals surface area contributed by atoms with Crippen molar-refractivity contribution >= 4 is 63.6 Å². The number of carbonyl (C=O) groups is 4.